The number of rotatable bonds is 7. The van der Waals surface area contributed by atoms with Gasteiger partial charge in [0.25, 0.3) is 0 Å². The predicted octanol–water partition coefficient (Wildman–Crippen LogP) is 2.73. The maximum absolute atomic E-state index is 11.3. The molecule has 3 unspecified atom stereocenters. The summed E-state index contributed by atoms with van der Waals surface area (Å²) in [5.74, 6) is -0.0192. The molecular formula is C14H26O4S. The molecule has 0 aliphatic heterocycles. The maximum Gasteiger partial charge on any atom is 0.306 e. The first-order chi connectivity index (χ1) is 8.83. The molecule has 0 aromatic rings. The molecule has 0 aromatic carbocycles. The van der Waals surface area contributed by atoms with Gasteiger partial charge in [-0.2, -0.15) is 0 Å². The second kappa shape index (κ2) is 7.27. The number of hydrogen-bond donors (Lipinski definition) is 1. The second-order valence-electron chi connectivity index (χ2n) is 5.94. The highest BCUT2D eigenvalue weighted by Gasteiger charge is 2.34. The van der Waals surface area contributed by atoms with Gasteiger partial charge in [-0.05, 0) is 43.9 Å². The van der Waals surface area contributed by atoms with Crippen molar-refractivity contribution in [3.8, 4) is 0 Å². The maximum atomic E-state index is 11.3. The quantitative estimate of drug-likeness (QED) is 0.782. The Balaban J connectivity index is 2.54. The fourth-order valence-electron chi connectivity index (χ4n) is 3.28. The zero-order valence-electron chi connectivity index (χ0n) is 12.0. The molecule has 0 aromatic heterocycles. The van der Waals surface area contributed by atoms with Gasteiger partial charge in [-0.1, -0.05) is 19.8 Å². The number of hydrogen-bond acceptors (Lipinski definition) is 3. The Morgan fingerprint density at radius 3 is 2.47 bits per heavy atom. The number of aliphatic carboxylic acids is 1. The fraction of sp³-hybridized carbons (Fsp3) is 0.929. The van der Waals surface area contributed by atoms with Crippen LogP contribution in [0.3, 0.4) is 0 Å². The third-order valence-electron chi connectivity index (χ3n) is 4.20. The molecule has 0 bridgehead atoms. The zero-order valence-corrected chi connectivity index (χ0v) is 12.8. The van der Waals surface area contributed by atoms with Gasteiger partial charge in [0.1, 0.15) is 9.84 Å². The molecule has 0 amide bonds. The Labute approximate surface area is 116 Å². The van der Waals surface area contributed by atoms with Crippen LogP contribution in [-0.4, -0.2) is 31.5 Å². The van der Waals surface area contributed by atoms with E-state index in [1.165, 1.54) is 6.26 Å². The smallest absolute Gasteiger partial charge is 0.306 e. The molecule has 3 atom stereocenters. The van der Waals surface area contributed by atoms with Crippen LogP contribution in [0.5, 0.6) is 0 Å². The van der Waals surface area contributed by atoms with E-state index in [2.05, 4.69) is 6.92 Å². The number of sulfone groups is 1. The lowest BCUT2D eigenvalue weighted by molar-refractivity contribution is -0.145. The van der Waals surface area contributed by atoms with Crippen LogP contribution in [-0.2, 0) is 14.6 Å². The molecule has 1 aliphatic rings. The molecule has 1 rings (SSSR count). The molecule has 1 N–H and O–H groups in total. The predicted molar refractivity (Wildman–Crippen MR) is 75.8 cm³/mol. The first kappa shape index (κ1) is 16.5. The summed E-state index contributed by atoms with van der Waals surface area (Å²) in [5, 5.41) is 9.27. The molecule has 112 valence electrons. The average Bonchev–Trinajstić information content (AvgIpc) is 2.27. The lowest BCUT2D eigenvalue weighted by Crippen LogP contribution is -2.31. The van der Waals surface area contributed by atoms with E-state index in [1.807, 2.05) is 0 Å². The molecule has 0 radical (unpaired) electrons. The van der Waals surface area contributed by atoms with Gasteiger partial charge in [0.15, 0.2) is 0 Å². The largest absolute Gasteiger partial charge is 0.481 e. The van der Waals surface area contributed by atoms with Crippen LogP contribution in [0.15, 0.2) is 0 Å². The molecule has 0 heterocycles. The van der Waals surface area contributed by atoms with Gasteiger partial charge >= 0.3 is 5.97 Å². The van der Waals surface area contributed by atoms with Crippen LogP contribution in [0.4, 0.5) is 0 Å². The third-order valence-corrected chi connectivity index (χ3v) is 5.23. The molecule has 5 heteroatoms. The average molecular weight is 290 g/mol. The van der Waals surface area contributed by atoms with Crippen LogP contribution in [0.2, 0.25) is 0 Å². The standard InChI is InChI=1S/C14H26O4S/c1-3-5-11-7-8-13(14(15)16)12(10-11)6-4-9-19(2,17)18/h11-13H,3-10H2,1-2H3,(H,15,16). The van der Waals surface area contributed by atoms with Crippen LogP contribution >= 0.6 is 0 Å². The van der Waals surface area contributed by atoms with E-state index >= 15 is 0 Å². The Kier molecular flexibility index (Phi) is 6.30. The van der Waals surface area contributed by atoms with Crippen molar-refractivity contribution < 1.29 is 18.3 Å². The minimum Gasteiger partial charge on any atom is -0.481 e. The summed E-state index contributed by atoms with van der Waals surface area (Å²) >= 11 is 0. The first-order valence-electron chi connectivity index (χ1n) is 7.24. The van der Waals surface area contributed by atoms with Gasteiger partial charge in [-0.15, -0.1) is 0 Å². The Morgan fingerprint density at radius 2 is 1.95 bits per heavy atom. The van der Waals surface area contributed by atoms with Crippen molar-refractivity contribution in [2.45, 2.75) is 51.9 Å². The number of carboxylic acid groups (broad SMARTS) is 1. The number of carboxylic acids is 1. The Bertz CT molecular complexity index is 388. The van der Waals surface area contributed by atoms with E-state index < -0.39 is 15.8 Å². The van der Waals surface area contributed by atoms with E-state index in [0.717, 1.165) is 38.5 Å². The van der Waals surface area contributed by atoms with Crippen molar-refractivity contribution in [3.63, 3.8) is 0 Å². The van der Waals surface area contributed by atoms with E-state index in [4.69, 9.17) is 0 Å². The van der Waals surface area contributed by atoms with Gasteiger partial charge < -0.3 is 5.11 Å². The fourth-order valence-corrected chi connectivity index (χ4v) is 3.97. The lowest BCUT2D eigenvalue weighted by atomic mass is 9.71. The van der Waals surface area contributed by atoms with Crippen molar-refractivity contribution in [1.82, 2.24) is 0 Å². The lowest BCUT2D eigenvalue weighted by Gasteiger charge is -2.34. The minimum atomic E-state index is -2.93. The van der Waals surface area contributed by atoms with Gasteiger partial charge in [-0.3, -0.25) is 4.79 Å². The Hall–Kier alpha value is -0.580. The summed E-state index contributed by atoms with van der Waals surface area (Å²) in [4.78, 5) is 11.3. The van der Waals surface area contributed by atoms with Crippen LogP contribution in [0, 0.1) is 17.8 Å². The minimum absolute atomic E-state index is 0.157. The molecule has 1 saturated carbocycles. The molecule has 0 saturated heterocycles. The van der Waals surface area contributed by atoms with E-state index in [0.29, 0.717) is 12.3 Å². The molecule has 1 aliphatic carbocycles. The van der Waals surface area contributed by atoms with E-state index in [9.17, 15) is 18.3 Å². The summed E-state index contributed by atoms with van der Waals surface area (Å²) in [6, 6.07) is 0. The molecule has 1 fully saturated rings. The molecular weight excluding hydrogens is 264 g/mol. The second-order valence-corrected chi connectivity index (χ2v) is 8.20. The Morgan fingerprint density at radius 1 is 1.26 bits per heavy atom. The molecule has 0 spiro atoms. The normalized spacial score (nSPS) is 28.2. The first-order valence-corrected chi connectivity index (χ1v) is 9.30. The monoisotopic (exact) mass is 290 g/mol. The highest BCUT2D eigenvalue weighted by molar-refractivity contribution is 7.90. The summed E-state index contributed by atoms with van der Waals surface area (Å²) in [6.07, 6.45) is 7.57. The molecule has 19 heavy (non-hydrogen) atoms. The van der Waals surface area contributed by atoms with Crippen LogP contribution in [0.25, 0.3) is 0 Å². The van der Waals surface area contributed by atoms with Crippen molar-refractivity contribution in [2.24, 2.45) is 17.8 Å². The third kappa shape index (κ3) is 5.93. The SMILES string of the molecule is CCCC1CCC(C(=O)O)C(CCCS(C)(=O)=O)C1. The number of carbonyl (C=O) groups is 1. The zero-order chi connectivity index (χ0) is 14.5. The van der Waals surface area contributed by atoms with Crippen LogP contribution in [0.1, 0.15) is 51.9 Å². The van der Waals surface area contributed by atoms with Gasteiger partial charge in [0.05, 0.1) is 5.92 Å². The summed E-state index contributed by atoms with van der Waals surface area (Å²) in [6.45, 7) is 2.15. The van der Waals surface area contributed by atoms with Crippen molar-refractivity contribution >= 4 is 15.8 Å². The van der Waals surface area contributed by atoms with Gasteiger partial charge in [0, 0.05) is 12.0 Å². The van der Waals surface area contributed by atoms with Crippen molar-refractivity contribution in [1.29, 1.82) is 0 Å². The van der Waals surface area contributed by atoms with Gasteiger partial charge in [0.2, 0.25) is 0 Å². The summed E-state index contributed by atoms with van der Waals surface area (Å²) in [7, 11) is -2.93. The van der Waals surface area contributed by atoms with Crippen molar-refractivity contribution in [2.75, 3.05) is 12.0 Å². The van der Waals surface area contributed by atoms with Gasteiger partial charge in [-0.25, -0.2) is 8.42 Å². The van der Waals surface area contributed by atoms with Crippen molar-refractivity contribution in [3.05, 3.63) is 0 Å². The van der Waals surface area contributed by atoms with Crippen LogP contribution < -0.4 is 0 Å². The van der Waals surface area contributed by atoms with E-state index in [-0.39, 0.29) is 17.6 Å². The molecule has 4 nitrogen and oxygen atoms in total. The highest BCUT2D eigenvalue weighted by atomic mass is 32.2. The highest BCUT2D eigenvalue weighted by Crippen LogP contribution is 2.38. The topological polar surface area (TPSA) is 71.4 Å². The van der Waals surface area contributed by atoms with E-state index in [1.54, 1.807) is 0 Å². The summed E-state index contributed by atoms with van der Waals surface area (Å²) < 4.78 is 22.3. The summed E-state index contributed by atoms with van der Waals surface area (Å²) in [5.41, 5.74) is 0.